The molecule has 0 saturated carbocycles. The lowest BCUT2D eigenvalue weighted by atomic mass is 10.0. The van der Waals surface area contributed by atoms with Gasteiger partial charge in [-0.1, -0.05) is 6.07 Å². The van der Waals surface area contributed by atoms with Gasteiger partial charge in [-0.3, -0.25) is 4.79 Å². The van der Waals surface area contributed by atoms with Crippen LogP contribution in [0.25, 0.3) is 0 Å². The van der Waals surface area contributed by atoms with Crippen molar-refractivity contribution in [2.75, 3.05) is 13.7 Å². The molecule has 0 bridgehead atoms. The number of benzene rings is 1. The lowest BCUT2D eigenvalue weighted by Gasteiger charge is -2.26. The summed E-state index contributed by atoms with van der Waals surface area (Å²) in [4.78, 5) is 11.0. The van der Waals surface area contributed by atoms with Gasteiger partial charge >= 0.3 is 0 Å². The Hall–Kier alpha value is -1.71. The largest absolute Gasteiger partial charge is 0.496 e. The van der Waals surface area contributed by atoms with E-state index in [0.29, 0.717) is 6.61 Å². The van der Waals surface area contributed by atoms with Gasteiger partial charge in [-0.2, -0.15) is 0 Å². The molecule has 2 rings (SSSR count). The highest BCUT2D eigenvalue weighted by atomic mass is 16.5. The molecular formula is C12H15NO3. The minimum Gasteiger partial charge on any atom is -0.496 e. The molecule has 1 amide bonds. The second-order valence-electron chi connectivity index (χ2n) is 3.85. The Kier molecular flexibility index (Phi) is 2.99. The maximum atomic E-state index is 11.0. The monoisotopic (exact) mass is 221 g/mol. The van der Waals surface area contributed by atoms with Crippen LogP contribution in [-0.2, 0) is 11.2 Å². The van der Waals surface area contributed by atoms with E-state index in [1.165, 1.54) is 6.92 Å². The van der Waals surface area contributed by atoms with Gasteiger partial charge in [0.1, 0.15) is 18.1 Å². The third-order valence-corrected chi connectivity index (χ3v) is 2.61. The molecule has 0 fully saturated rings. The molecule has 0 unspecified atom stereocenters. The van der Waals surface area contributed by atoms with E-state index in [4.69, 9.17) is 9.47 Å². The number of carbonyl (C=O) groups excluding carboxylic acids is 1. The first kappa shape index (κ1) is 10.8. The van der Waals surface area contributed by atoms with Crippen molar-refractivity contribution in [3.8, 4) is 11.5 Å². The lowest BCUT2D eigenvalue weighted by molar-refractivity contribution is -0.119. The van der Waals surface area contributed by atoms with E-state index in [2.05, 4.69) is 5.32 Å². The standard InChI is InChI=1S/C12H15NO3/c1-8(14)13-9-6-10-11(15-2)4-3-5-12(10)16-7-9/h3-5,9H,6-7H2,1-2H3,(H,13,14)/t9-/m0/s1. The second-order valence-corrected chi connectivity index (χ2v) is 3.85. The summed E-state index contributed by atoms with van der Waals surface area (Å²) in [6, 6.07) is 5.75. The van der Waals surface area contributed by atoms with E-state index in [0.717, 1.165) is 23.5 Å². The van der Waals surface area contributed by atoms with Crippen molar-refractivity contribution in [3.63, 3.8) is 0 Å². The van der Waals surface area contributed by atoms with E-state index in [9.17, 15) is 4.79 Å². The second kappa shape index (κ2) is 4.43. The van der Waals surface area contributed by atoms with Crippen molar-refractivity contribution in [2.45, 2.75) is 19.4 Å². The predicted octanol–water partition coefficient (Wildman–Crippen LogP) is 1.13. The van der Waals surface area contributed by atoms with Crippen molar-refractivity contribution in [1.29, 1.82) is 0 Å². The number of nitrogens with one attached hydrogen (secondary N) is 1. The van der Waals surface area contributed by atoms with Crippen LogP contribution in [0.1, 0.15) is 12.5 Å². The molecule has 1 aliphatic heterocycles. The molecule has 86 valence electrons. The van der Waals surface area contributed by atoms with Gasteiger partial charge < -0.3 is 14.8 Å². The summed E-state index contributed by atoms with van der Waals surface area (Å²) in [6.07, 6.45) is 0.749. The van der Waals surface area contributed by atoms with Crippen LogP contribution in [-0.4, -0.2) is 25.7 Å². The van der Waals surface area contributed by atoms with Crippen molar-refractivity contribution in [1.82, 2.24) is 5.32 Å². The maximum Gasteiger partial charge on any atom is 0.217 e. The van der Waals surface area contributed by atoms with Crippen LogP contribution in [0.3, 0.4) is 0 Å². The molecule has 0 aliphatic carbocycles. The highest BCUT2D eigenvalue weighted by Crippen LogP contribution is 2.32. The Balaban J connectivity index is 2.21. The molecule has 4 nitrogen and oxygen atoms in total. The summed E-state index contributed by atoms with van der Waals surface area (Å²) in [5.74, 6) is 1.63. The number of fused-ring (bicyclic) bond motifs is 1. The van der Waals surface area contributed by atoms with Crippen molar-refractivity contribution >= 4 is 5.91 Å². The predicted molar refractivity (Wildman–Crippen MR) is 59.8 cm³/mol. The molecule has 1 aromatic carbocycles. The molecule has 16 heavy (non-hydrogen) atoms. The van der Waals surface area contributed by atoms with E-state index in [-0.39, 0.29) is 11.9 Å². The van der Waals surface area contributed by atoms with Gasteiger partial charge in [-0.15, -0.1) is 0 Å². The molecule has 1 aromatic rings. The fourth-order valence-corrected chi connectivity index (χ4v) is 1.95. The Morgan fingerprint density at radius 3 is 3.06 bits per heavy atom. The van der Waals surface area contributed by atoms with Crippen molar-refractivity contribution in [2.24, 2.45) is 0 Å². The van der Waals surface area contributed by atoms with Gasteiger partial charge in [-0.25, -0.2) is 0 Å². The zero-order valence-electron chi connectivity index (χ0n) is 9.45. The van der Waals surface area contributed by atoms with Crippen LogP contribution >= 0.6 is 0 Å². The van der Waals surface area contributed by atoms with Crippen LogP contribution in [0.5, 0.6) is 11.5 Å². The van der Waals surface area contributed by atoms with Crippen LogP contribution in [0.4, 0.5) is 0 Å². The number of rotatable bonds is 2. The van der Waals surface area contributed by atoms with E-state index in [1.54, 1.807) is 7.11 Å². The van der Waals surface area contributed by atoms with Crippen LogP contribution in [0.15, 0.2) is 18.2 Å². The Morgan fingerprint density at radius 2 is 2.38 bits per heavy atom. The third kappa shape index (κ3) is 2.10. The molecule has 0 saturated heterocycles. The van der Waals surface area contributed by atoms with Crippen molar-refractivity contribution < 1.29 is 14.3 Å². The van der Waals surface area contributed by atoms with Crippen LogP contribution < -0.4 is 14.8 Å². The molecule has 4 heteroatoms. The van der Waals surface area contributed by atoms with Gasteiger partial charge in [0.2, 0.25) is 5.91 Å². The lowest BCUT2D eigenvalue weighted by Crippen LogP contribution is -2.41. The molecule has 1 N–H and O–H groups in total. The normalized spacial score (nSPS) is 18.2. The number of carbonyl (C=O) groups is 1. The minimum absolute atomic E-state index is 0.0290. The first-order valence-corrected chi connectivity index (χ1v) is 5.26. The van der Waals surface area contributed by atoms with Gasteiger partial charge in [0.05, 0.1) is 13.2 Å². The zero-order valence-corrected chi connectivity index (χ0v) is 9.45. The number of ether oxygens (including phenoxy) is 2. The highest BCUT2D eigenvalue weighted by molar-refractivity contribution is 5.73. The van der Waals surface area contributed by atoms with Gasteiger partial charge in [0, 0.05) is 18.9 Å². The average molecular weight is 221 g/mol. The van der Waals surface area contributed by atoms with E-state index in [1.807, 2.05) is 18.2 Å². The van der Waals surface area contributed by atoms with Crippen LogP contribution in [0.2, 0.25) is 0 Å². The smallest absolute Gasteiger partial charge is 0.217 e. The molecule has 0 spiro atoms. The van der Waals surface area contributed by atoms with Crippen LogP contribution in [0, 0.1) is 0 Å². The van der Waals surface area contributed by atoms with Crippen molar-refractivity contribution in [3.05, 3.63) is 23.8 Å². The first-order chi connectivity index (χ1) is 7.70. The maximum absolute atomic E-state index is 11.0. The van der Waals surface area contributed by atoms with Gasteiger partial charge in [-0.05, 0) is 12.1 Å². The zero-order chi connectivity index (χ0) is 11.5. The number of amides is 1. The molecule has 1 aliphatic rings. The summed E-state index contributed by atoms with van der Waals surface area (Å²) in [6.45, 7) is 2.03. The number of hydrogen-bond donors (Lipinski definition) is 1. The summed E-state index contributed by atoms with van der Waals surface area (Å²) >= 11 is 0. The summed E-state index contributed by atoms with van der Waals surface area (Å²) in [5, 5.41) is 2.85. The average Bonchev–Trinajstić information content (AvgIpc) is 2.27. The fraction of sp³-hybridized carbons (Fsp3) is 0.417. The molecule has 0 aromatic heterocycles. The molecule has 1 heterocycles. The number of methoxy groups -OCH3 is 1. The Labute approximate surface area is 94.6 Å². The summed E-state index contributed by atoms with van der Waals surface area (Å²) < 4.78 is 10.9. The molecule has 1 atom stereocenters. The SMILES string of the molecule is COc1cccc2c1C[C@H](NC(C)=O)CO2. The highest BCUT2D eigenvalue weighted by Gasteiger charge is 2.23. The fourth-order valence-electron chi connectivity index (χ4n) is 1.95. The summed E-state index contributed by atoms with van der Waals surface area (Å²) in [7, 11) is 1.64. The Bertz CT molecular complexity index is 389. The van der Waals surface area contributed by atoms with E-state index < -0.39 is 0 Å². The topological polar surface area (TPSA) is 47.6 Å². The van der Waals surface area contributed by atoms with Gasteiger partial charge in [0.25, 0.3) is 0 Å². The Morgan fingerprint density at radius 1 is 1.56 bits per heavy atom. The molecular weight excluding hydrogens is 206 g/mol. The molecule has 0 radical (unpaired) electrons. The quantitative estimate of drug-likeness (QED) is 0.814. The first-order valence-electron chi connectivity index (χ1n) is 5.26. The van der Waals surface area contributed by atoms with E-state index >= 15 is 0 Å². The van der Waals surface area contributed by atoms with Gasteiger partial charge in [0.15, 0.2) is 0 Å². The number of hydrogen-bond acceptors (Lipinski definition) is 3. The third-order valence-electron chi connectivity index (χ3n) is 2.61. The summed E-state index contributed by atoms with van der Waals surface area (Å²) in [5.41, 5.74) is 1.02. The minimum atomic E-state index is -0.0352.